The van der Waals surface area contributed by atoms with Crippen molar-refractivity contribution >= 4 is 11.9 Å². The molecule has 0 aliphatic rings. The van der Waals surface area contributed by atoms with Crippen LogP contribution in [0.3, 0.4) is 0 Å². The zero-order valence-electron chi connectivity index (χ0n) is 18.3. The molecule has 2 aromatic rings. The Balaban J connectivity index is 1.65. The molecule has 0 amide bonds. The maximum atomic E-state index is 12.2. The number of esters is 2. The Bertz CT molecular complexity index is 889. The van der Waals surface area contributed by atoms with Gasteiger partial charge >= 0.3 is 11.9 Å². The number of nitrogens with zero attached hydrogens (tertiary/aromatic N) is 1. The number of carbonyl (C=O) groups excluding carboxylic acids is 2. The third-order valence-electron chi connectivity index (χ3n) is 4.43. The summed E-state index contributed by atoms with van der Waals surface area (Å²) in [4.78, 5) is 23.9. The molecule has 2 rings (SSSR count). The summed E-state index contributed by atoms with van der Waals surface area (Å²) in [7, 11) is 0. The largest absolute Gasteiger partial charge is 0.494 e. The van der Waals surface area contributed by atoms with Gasteiger partial charge in [0.25, 0.3) is 0 Å². The first-order valence-corrected chi connectivity index (χ1v) is 10.4. The molecule has 0 spiro atoms. The van der Waals surface area contributed by atoms with E-state index in [0.717, 1.165) is 19.3 Å². The normalized spacial score (nSPS) is 10.8. The van der Waals surface area contributed by atoms with Crippen LogP contribution < -0.4 is 9.47 Å². The van der Waals surface area contributed by atoms with Crippen LogP contribution in [0.2, 0.25) is 0 Å². The molecule has 0 aromatic heterocycles. The summed E-state index contributed by atoms with van der Waals surface area (Å²) in [6.45, 7) is 7.19. The number of ether oxygens (including phenoxy) is 3. The Labute approximate surface area is 183 Å². The van der Waals surface area contributed by atoms with E-state index >= 15 is 0 Å². The minimum absolute atomic E-state index is 0.128. The van der Waals surface area contributed by atoms with Gasteiger partial charge in [-0.25, -0.2) is 4.79 Å². The number of carbonyl (C=O) groups is 2. The van der Waals surface area contributed by atoms with Gasteiger partial charge < -0.3 is 14.2 Å². The molecule has 0 atom stereocenters. The average Bonchev–Trinajstić information content (AvgIpc) is 2.75. The standard InChI is InChI=1S/C25H29NO5/c1-25(2,3)15-14-23(27)30-17-5-4-16-29-21-12-8-20(9-13-21)24(28)31-22-10-6-19(18-26)7-11-22/h6-13H,4-5,14-17H2,1-3H3. The molecule has 0 unspecified atom stereocenters. The van der Waals surface area contributed by atoms with Crippen molar-refractivity contribution in [3.05, 3.63) is 59.7 Å². The highest BCUT2D eigenvalue weighted by molar-refractivity contribution is 5.91. The lowest BCUT2D eigenvalue weighted by molar-refractivity contribution is -0.144. The number of benzene rings is 2. The minimum Gasteiger partial charge on any atom is -0.494 e. The van der Waals surface area contributed by atoms with Crippen LogP contribution in [0.25, 0.3) is 0 Å². The van der Waals surface area contributed by atoms with Crippen molar-refractivity contribution in [1.29, 1.82) is 5.26 Å². The molecule has 164 valence electrons. The fraction of sp³-hybridized carbons (Fsp3) is 0.400. The summed E-state index contributed by atoms with van der Waals surface area (Å²) in [5.74, 6) is 0.393. The van der Waals surface area contributed by atoms with Crippen molar-refractivity contribution in [1.82, 2.24) is 0 Å². The molecular formula is C25H29NO5. The summed E-state index contributed by atoms with van der Waals surface area (Å²) in [5, 5.41) is 8.80. The predicted octanol–water partition coefficient (Wildman–Crippen LogP) is 5.31. The van der Waals surface area contributed by atoms with E-state index in [4.69, 9.17) is 19.5 Å². The van der Waals surface area contributed by atoms with Gasteiger partial charge in [-0.1, -0.05) is 20.8 Å². The van der Waals surface area contributed by atoms with Gasteiger partial charge in [0.1, 0.15) is 11.5 Å². The molecule has 0 radical (unpaired) electrons. The summed E-state index contributed by atoms with van der Waals surface area (Å²) >= 11 is 0. The van der Waals surface area contributed by atoms with E-state index in [0.29, 0.717) is 42.3 Å². The van der Waals surface area contributed by atoms with E-state index in [-0.39, 0.29) is 11.4 Å². The average molecular weight is 424 g/mol. The van der Waals surface area contributed by atoms with Crippen molar-refractivity contribution in [3.63, 3.8) is 0 Å². The second kappa shape index (κ2) is 11.8. The summed E-state index contributed by atoms with van der Waals surface area (Å²) < 4.78 is 16.2. The van der Waals surface area contributed by atoms with Gasteiger partial charge in [0.05, 0.1) is 30.4 Å². The lowest BCUT2D eigenvalue weighted by Crippen LogP contribution is -2.12. The van der Waals surface area contributed by atoms with Crippen molar-refractivity contribution in [2.24, 2.45) is 5.41 Å². The lowest BCUT2D eigenvalue weighted by atomic mass is 9.91. The maximum Gasteiger partial charge on any atom is 0.343 e. The first-order valence-electron chi connectivity index (χ1n) is 10.4. The van der Waals surface area contributed by atoms with Crippen molar-refractivity contribution in [2.45, 2.75) is 46.5 Å². The zero-order valence-corrected chi connectivity index (χ0v) is 18.3. The van der Waals surface area contributed by atoms with Crippen LogP contribution in [0.5, 0.6) is 11.5 Å². The second-order valence-corrected chi connectivity index (χ2v) is 8.39. The summed E-state index contributed by atoms with van der Waals surface area (Å²) in [6.07, 6.45) is 2.75. The van der Waals surface area contributed by atoms with E-state index in [2.05, 4.69) is 20.8 Å². The first kappa shape index (κ1) is 23.9. The van der Waals surface area contributed by atoms with Crippen molar-refractivity contribution < 1.29 is 23.8 Å². The van der Waals surface area contributed by atoms with Crippen molar-refractivity contribution in [3.8, 4) is 17.6 Å². The Morgan fingerprint density at radius 2 is 1.52 bits per heavy atom. The molecule has 0 heterocycles. The van der Waals surface area contributed by atoms with Crippen molar-refractivity contribution in [2.75, 3.05) is 13.2 Å². The predicted molar refractivity (Wildman–Crippen MR) is 117 cm³/mol. The van der Waals surface area contributed by atoms with Gasteiger partial charge in [-0.2, -0.15) is 5.26 Å². The summed E-state index contributed by atoms with van der Waals surface area (Å²) in [5.41, 5.74) is 1.03. The molecule has 6 nitrogen and oxygen atoms in total. The molecule has 0 fully saturated rings. The van der Waals surface area contributed by atoms with Crippen LogP contribution in [0, 0.1) is 16.7 Å². The van der Waals surface area contributed by atoms with Gasteiger partial charge in [-0.3, -0.25) is 4.79 Å². The molecule has 0 aliphatic carbocycles. The summed E-state index contributed by atoms with van der Waals surface area (Å²) in [6, 6.07) is 15.0. The van der Waals surface area contributed by atoms with Crippen LogP contribution in [0.4, 0.5) is 0 Å². The Morgan fingerprint density at radius 3 is 2.13 bits per heavy atom. The quantitative estimate of drug-likeness (QED) is 0.293. The van der Waals surface area contributed by atoms with Gasteiger partial charge in [0.15, 0.2) is 0 Å². The first-order chi connectivity index (χ1) is 14.8. The number of unbranched alkanes of at least 4 members (excludes halogenated alkanes) is 1. The van der Waals surface area contributed by atoms with E-state index in [9.17, 15) is 9.59 Å². The Hall–Kier alpha value is -3.33. The Morgan fingerprint density at radius 1 is 0.903 bits per heavy atom. The molecular weight excluding hydrogens is 394 g/mol. The molecule has 2 aromatic carbocycles. The number of hydrogen-bond donors (Lipinski definition) is 0. The molecule has 0 saturated heterocycles. The SMILES string of the molecule is CC(C)(C)CCC(=O)OCCCCOc1ccc(C(=O)Oc2ccc(C#N)cc2)cc1. The number of hydrogen-bond acceptors (Lipinski definition) is 6. The fourth-order valence-corrected chi connectivity index (χ4v) is 2.58. The van der Waals surface area contributed by atoms with Crippen LogP contribution >= 0.6 is 0 Å². The molecule has 6 heteroatoms. The van der Waals surface area contributed by atoms with E-state index in [1.807, 2.05) is 6.07 Å². The topological polar surface area (TPSA) is 85.6 Å². The zero-order chi connectivity index (χ0) is 22.7. The van der Waals surface area contributed by atoms with Crippen LogP contribution in [0.15, 0.2) is 48.5 Å². The highest BCUT2D eigenvalue weighted by Gasteiger charge is 2.13. The third-order valence-corrected chi connectivity index (χ3v) is 4.43. The number of rotatable bonds is 10. The molecule has 0 saturated carbocycles. The van der Waals surface area contributed by atoms with E-state index in [1.54, 1.807) is 48.5 Å². The van der Waals surface area contributed by atoms with Gasteiger partial charge in [0.2, 0.25) is 0 Å². The highest BCUT2D eigenvalue weighted by atomic mass is 16.5. The Kier molecular flexibility index (Phi) is 9.08. The molecule has 0 aliphatic heterocycles. The van der Waals surface area contributed by atoms with Crippen LogP contribution in [-0.4, -0.2) is 25.2 Å². The third kappa shape index (κ3) is 9.35. The monoisotopic (exact) mass is 423 g/mol. The van der Waals surface area contributed by atoms with E-state index in [1.165, 1.54) is 0 Å². The highest BCUT2D eigenvalue weighted by Crippen LogP contribution is 2.21. The second-order valence-electron chi connectivity index (χ2n) is 8.39. The van der Waals surface area contributed by atoms with Gasteiger partial charge in [-0.05, 0) is 73.2 Å². The number of nitriles is 1. The molecule has 0 N–H and O–H groups in total. The van der Waals surface area contributed by atoms with Gasteiger partial charge in [-0.15, -0.1) is 0 Å². The van der Waals surface area contributed by atoms with Crippen LogP contribution in [-0.2, 0) is 9.53 Å². The molecule has 31 heavy (non-hydrogen) atoms. The van der Waals surface area contributed by atoms with Crippen LogP contribution in [0.1, 0.15) is 62.4 Å². The maximum absolute atomic E-state index is 12.2. The lowest BCUT2D eigenvalue weighted by Gasteiger charge is -2.16. The fourth-order valence-electron chi connectivity index (χ4n) is 2.58. The smallest absolute Gasteiger partial charge is 0.343 e. The minimum atomic E-state index is -0.482. The molecule has 0 bridgehead atoms. The van der Waals surface area contributed by atoms with E-state index < -0.39 is 5.97 Å². The van der Waals surface area contributed by atoms with Gasteiger partial charge in [0, 0.05) is 6.42 Å².